The molecule has 2 aromatic rings. The second-order valence-corrected chi connectivity index (χ2v) is 6.78. The minimum atomic E-state index is -0.843. The van der Waals surface area contributed by atoms with E-state index in [2.05, 4.69) is 0 Å². The van der Waals surface area contributed by atoms with Crippen molar-refractivity contribution in [2.75, 3.05) is 14.2 Å². The van der Waals surface area contributed by atoms with Gasteiger partial charge >= 0.3 is 0 Å². The predicted octanol–water partition coefficient (Wildman–Crippen LogP) is 3.95. The fourth-order valence-electron chi connectivity index (χ4n) is 3.67. The van der Waals surface area contributed by atoms with E-state index in [1.807, 2.05) is 12.1 Å². The fraction of sp³-hybridized carbons (Fsp3) is 0.333. The molecule has 0 aliphatic heterocycles. The van der Waals surface area contributed by atoms with Crippen LogP contribution >= 0.6 is 0 Å². The number of para-hydroxylation sites is 1. The van der Waals surface area contributed by atoms with Crippen molar-refractivity contribution in [1.29, 1.82) is 0 Å². The largest absolute Gasteiger partial charge is 0.497 e. The lowest BCUT2D eigenvalue weighted by Gasteiger charge is -2.27. The molecule has 2 aromatic carbocycles. The van der Waals surface area contributed by atoms with Crippen molar-refractivity contribution in [3.63, 3.8) is 0 Å². The summed E-state index contributed by atoms with van der Waals surface area (Å²) in [5.74, 6) is -0.281. The van der Waals surface area contributed by atoms with Crippen LogP contribution in [-0.2, 0) is 4.79 Å². The molecule has 2 atom stereocenters. The van der Waals surface area contributed by atoms with Crippen LogP contribution in [0.2, 0.25) is 0 Å². The summed E-state index contributed by atoms with van der Waals surface area (Å²) in [5, 5.41) is 11.2. The Morgan fingerprint density at radius 1 is 1.07 bits per heavy atom. The van der Waals surface area contributed by atoms with E-state index in [9.17, 15) is 19.7 Å². The molecule has 146 valence electrons. The normalized spacial score (nSPS) is 19.1. The number of nitrogens with zero attached hydrogens (tertiary/aromatic N) is 1. The van der Waals surface area contributed by atoms with Crippen LogP contribution < -0.4 is 9.47 Å². The molecule has 1 aliphatic rings. The van der Waals surface area contributed by atoms with Gasteiger partial charge in [0.1, 0.15) is 17.3 Å². The molecule has 0 bridgehead atoms. The molecule has 0 spiro atoms. The first-order chi connectivity index (χ1) is 13.4. The molecule has 28 heavy (non-hydrogen) atoms. The van der Waals surface area contributed by atoms with E-state index in [1.54, 1.807) is 26.4 Å². The van der Waals surface area contributed by atoms with E-state index in [1.165, 1.54) is 18.2 Å². The Labute approximate surface area is 162 Å². The van der Waals surface area contributed by atoms with E-state index >= 15 is 0 Å². The Hall–Kier alpha value is -3.22. The Kier molecular flexibility index (Phi) is 5.73. The maximum absolute atomic E-state index is 12.8. The smallest absolute Gasteiger partial charge is 0.280 e. The summed E-state index contributed by atoms with van der Waals surface area (Å²) in [7, 11) is 3.12. The Morgan fingerprint density at radius 2 is 1.71 bits per heavy atom. The predicted molar refractivity (Wildman–Crippen MR) is 102 cm³/mol. The highest BCUT2D eigenvalue weighted by Gasteiger charge is 2.36. The molecule has 1 unspecified atom stereocenters. The van der Waals surface area contributed by atoms with Gasteiger partial charge in [0, 0.05) is 18.6 Å². The zero-order valence-corrected chi connectivity index (χ0v) is 15.7. The van der Waals surface area contributed by atoms with E-state index in [0.29, 0.717) is 24.3 Å². The van der Waals surface area contributed by atoms with Crippen molar-refractivity contribution >= 4 is 17.3 Å². The lowest BCUT2D eigenvalue weighted by molar-refractivity contribution is -0.385. The van der Waals surface area contributed by atoms with E-state index in [0.717, 1.165) is 5.56 Å². The molecule has 1 saturated carbocycles. The van der Waals surface area contributed by atoms with Crippen molar-refractivity contribution in [2.45, 2.75) is 25.2 Å². The van der Waals surface area contributed by atoms with Crippen LogP contribution in [0.3, 0.4) is 0 Å². The first kappa shape index (κ1) is 19.5. The van der Waals surface area contributed by atoms with Crippen molar-refractivity contribution < 1.29 is 24.0 Å². The van der Waals surface area contributed by atoms with Crippen LogP contribution in [0.1, 0.15) is 41.1 Å². The summed E-state index contributed by atoms with van der Waals surface area (Å²) < 4.78 is 10.6. The molecule has 0 heterocycles. The van der Waals surface area contributed by atoms with E-state index in [4.69, 9.17) is 9.47 Å². The van der Waals surface area contributed by atoms with E-state index in [-0.39, 0.29) is 29.4 Å². The molecule has 0 N–H and O–H groups in total. The number of hydrogen-bond acceptors (Lipinski definition) is 6. The minimum Gasteiger partial charge on any atom is -0.497 e. The number of benzene rings is 2. The van der Waals surface area contributed by atoms with Crippen molar-refractivity contribution in [2.24, 2.45) is 5.92 Å². The third kappa shape index (κ3) is 3.88. The number of carbonyl (C=O) groups is 2. The summed E-state index contributed by atoms with van der Waals surface area (Å²) >= 11 is 0. The van der Waals surface area contributed by atoms with Gasteiger partial charge in [-0.25, -0.2) is 0 Å². The van der Waals surface area contributed by atoms with Gasteiger partial charge in [-0.2, -0.15) is 0 Å². The molecule has 1 fully saturated rings. The van der Waals surface area contributed by atoms with Crippen LogP contribution in [0.5, 0.6) is 11.5 Å². The summed E-state index contributed by atoms with van der Waals surface area (Å²) in [6.45, 7) is 0. The highest BCUT2D eigenvalue weighted by atomic mass is 16.6. The highest BCUT2D eigenvalue weighted by molar-refractivity contribution is 6.12. The maximum atomic E-state index is 12.8. The summed E-state index contributed by atoms with van der Waals surface area (Å²) in [6, 6.07) is 11.3. The molecule has 0 saturated heterocycles. The monoisotopic (exact) mass is 383 g/mol. The molecule has 0 radical (unpaired) electrons. The Morgan fingerprint density at radius 3 is 2.29 bits per heavy atom. The molecule has 0 amide bonds. The first-order valence-corrected chi connectivity index (χ1v) is 8.98. The number of hydrogen-bond donors (Lipinski definition) is 0. The Balaban J connectivity index is 1.80. The quantitative estimate of drug-likeness (QED) is 0.324. The summed E-state index contributed by atoms with van der Waals surface area (Å²) in [6.07, 6.45) is 1.18. The number of carbonyl (C=O) groups excluding carboxylic acids is 2. The third-order valence-corrected chi connectivity index (χ3v) is 5.17. The number of rotatable bonds is 6. The summed E-state index contributed by atoms with van der Waals surface area (Å²) in [5.41, 5.74) is 0.647. The number of nitro benzene ring substituents is 1. The van der Waals surface area contributed by atoms with Crippen LogP contribution in [0.15, 0.2) is 42.5 Å². The van der Waals surface area contributed by atoms with E-state index < -0.39 is 16.6 Å². The van der Waals surface area contributed by atoms with Crippen molar-refractivity contribution in [3.05, 3.63) is 63.7 Å². The molecular weight excluding hydrogens is 362 g/mol. The minimum absolute atomic E-state index is 0.00708. The van der Waals surface area contributed by atoms with Crippen LogP contribution in [0.4, 0.5) is 5.69 Å². The average Bonchev–Trinajstić information content (AvgIpc) is 2.72. The van der Waals surface area contributed by atoms with Gasteiger partial charge in [-0.3, -0.25) is 19.7 Å². The molecule has 7 heteroatoms. The second kappa shape index (κ2) is 8.21. The first-order valence-electron chi connectivity index (χ1n) is 8.98. The number of nitro groups is 1. The number of methoxy groups -OCH3 is 2. The summed E-state index contributed by atoms with van der Waals surface area (Å²) in [4.78, 5) is 36.1. The van der Waals surface area contributed by atoms with Gasteiger partial charge in [-0.05, 0) is 42.5 Å². The lowest BCUT2D eigenvalue weighted by atomic mass is 9.75. The number of ketones is 2. The van der Waals surface area contributed by atoms with Crippen molar-refractivity contribution in [1.82, 2.24) is 0 Å². The fourth-order valence-corrected chi connectivity index (χ4v) is 3.67. The number of Topliss-reactive ketones (excluding diaryl/α,β-unsaturated/α-hetero) is 2. The van der Waals surface area contributed by atoms with Crippen molar-refractivity contribution in [3.8, 4) is 11.5 Å². The molecule has 1 aliphatic carbocycles. The molecule has 3 rings (SSSR count). The standard InChI is InChI=1S/C21H21NO6/c1-27-15-9-14(10-16(12-15)28-2)13-7-8-18(20(23)11-13)21(24)17-5-3-4-6-19(17)22(25)26/h3-6,9-10,12-13,18H,7-8,11H2,1-2H3/t13-,18?/m1/s1. The zero-order chi connectivity index (χ0) is 20.3. The topological polar surface area (TPSA) is 95.7 Å². The third-order valence-electron chi connectivity index (χ3n) is 5.17. The lowest BCUT2D eigenvalue weighted by Crippen LogP contribution is -2.30. The second-order valence-electron chi connectivity index (χ2n) is 6.78. The van der Waals surface area contributed by atoms with Gasteiger partial charge in [0.05, 0.1) is 30.6 Å². The number of ether oxygens (including phenoxy) is 2. The zero-order valence-electron chi connectivity index (χ0n) is 15.7. The van der Waals surface area contributed by atoms with Gasteiger partial charge in [0.2, 0.25) is 0 Å². The van der Waals surface area contributed by atoms with Gasteiger partial charge in [0.15, 0.2) is 5.78 Å². The van der Waals surface area contributed by atoms with Gasteiger partial charge in [0.25, 0.3) is 5.69 Å². The van der Waals surface area contributed by atoms with Gasteiger partial charge < -0.3 is 9.47 Å². The molecular formula is C21H21NO6. The van der Waals surface area contributed by atoms with Gasteiger partial charge in [-0.1, -0.05) is 12.1 Å². The molecule has 0 aromatic heterocycles. The highest BCUT2D eigenvalue weighted by Crippen LogP contribution is 2.38. The van der Waals surface area contributed by atoms with Crippen LogP contribution in [0.25, 0.3) is 0 Å². The van der Waals surface area contributed by atoms with Gasteiger partial charge in [-0.15, -0.1) is 0 Å². The van der Waals surface area contributed by atoms with Crippen LogP contribution in [-0.4, -0.2) is 30.7 Å². The Bertz CT molecular complexity index is 901. The SMILES string of the molecule is COc1cc(OC)cc([C@@H]2CCC(C(=O)c3ccccc3[N+](=O)[O-])C(=O)C2)c1. The van der Waals surface area contributed by atoms with Crippen LogP contribution in [0, 0.1) is 16.0 Å². The molecule has 7 nitrogen and oxygen atoms in total. The average molecular weight is 383 g/mol. The maximum Gasteiger partial charge on any atom is 0.280 e.